The van der Waals surface area contributed by atoms with Gasteiger partial charge in [0.1, 0.15) is 0 Å². The summed E-state index contributed by atoms with van der Waals surface area (Å²) in [6.45, 7) is 11.3. The molecule has 168 valence electrons. The van der Waals surface area contributed by atoms with Gasteiger partial charge in [0.25, 0.3) is 0 Å². The van der Waals surface area contributed by atoms with Crippen molar-refractivity contribution in [2.24, 2.45) is 27.7 Å². The van der Waals surface area contributed by atoms with Gasteiger partial charge in [-0.05, 0) is 55.4 Å². The number of hydrogen-bond donors (Lipinski definition) is 1. The van der Waals surface area contributed by atoms with Crippen LogP contribution in [0, 0.1) is 17.8 Å². The van der Waals surface area contributed by atoms with Crippen molar-refractivity contribution in [1.29, 1.82) is 0 Å². The first-order valence-corrected chi connectivity index (χ1v) is 12.3. The van der Waals surface area contributed by atoms with E-state index in [2.05, 4.69) is 85.8 Å². The maximum Gasteiger partial charge on any atom is 0.0830 e. The van der Waals surface area contributed by atoms with E-state index in [0.717, 1.165) is 25.8 Å². The number of aliphatic imine (C=N–C) groups is 2. The van der Waals surface area contributed by atoms with Crippen molar-refractivity contribution in [3.8, 4) is 0 Å². The molecule has 4 unspecified atom stereocenters. The molecule has 1 N–H and O–H groups in total. The van der Waals surface area contributed by atoms with Gasteiger partial charge in [-0.15, -0.1) is 0 Å². The Labute approximate surface area is 193 Å². The lowest BCUT2D eigenvalue weighted by atomic mass is 9.81. The maximum absolute atomic E-state index is 5.06. The Morgan fingerprint density at radius 3 is 2.81 bits per heavy atom. The summed E-state index contributed by atoms with van der Waals surface area (Å²) in [5.74, 6) is 1.50. The molecule has 0 aromatic heterocycles. The third kappa shape index (κ3) is 4.05. The molecule has 1 aromatic carbocycles. The van der Waals surface area contributed by atoms with Crippen molar-refractivity contribution in [1.82, 2.24) is 5.32 Å². The molecule has 0 amide bonds. The minimum absolute atomic E-state index is 0.00848. The Hall–Kier alpha value is -2.68. The van der Waals surface area contributed by atoms with Gasteiger partial charge in [0.15, 0.2) is 0 Å². The number of nitrogens with one attached hydrogen (secondary N) is 1. The van der Waals surface area contributed by atoms with E-state index < -0.39 is 0 Å². The molecule has 4 aliphatic rings. The van der Waals surface area contributed by atoms with Crippen LogP contribution in [0.3, 0.4) is 0 Å². The highest BCUT2D eigenvalue weighted by molar-refractivity contribution is 6.04. The molecule has 4 atom stereocenters. The van der Waals surface area contributed by atoms with Crippen molar-refractivity contribution in [2.75, 3.05) is 6.54 Å². The highest BCUT2D eigenvalue weighted by Crippen LogP contribution is 2.53. The summed E-state index contributed by atoms with van der Waals surface area (Å²) in [5, 5.41) is 6.75. The van der Waals surface area contributed by atoms with Gasteiger partial charge in [-0.3, -0.25) is 9.98 Å². The molecule has 1 heterocycles. The van der Waals surface area contributed by atoms with Crippen LogP contribution >= 0.6 is 0 Å². The zero-order valence-electron chi connectivity index (χ0n) is 20.2. The molecule has 0 spiro atoms. The van der Waals surface area contributed by atoms with E-state index in [9.17, 15) is 0 Å². The average molecular weight is 428 g/mol. The predicted molar refractivity (Wildman–Crippen MR) is 138 cm³/mol. The summed E-state index contributed by atoms with van der Waals surface area (Å²) in [6, 6.07) is 8.79. The molecule has 1 aliphatic heterocycles. The lowest BCUT2D eigenvalue weighted by Crippen LogP contribution is -2.49. The van der Waals surface area contributed by atoms with Crippen LogP contribution in [0.25, 0.3) is 11.8 Å². The van der Waals surface area contributed by atoms with E-state index in [4.69, 9.17) is 4.99 Å². The monoisotopic (exact) mass is 427 g/mol. The van der Waals surface area contributed by atoms with Gasteiger partial charge in [0, 0.05) is 41.7 Å². The number of benzene rings is 1. The molecule has 1 saturated carbocycles. The molecule has 5 rings (SSSR count). The summed E-state index contributed by atoms with van der Waals surface area (Å²) in [4.78, 5) is 9.51. The number of nitrogens with zero attached hydrogens (tertiary/aromatic N) is 2. The summed E-state index contributed by atoms with van der Waals surface area (Å²) in [6.07, 6.45) is 16.7. The minimum Gasteiger partial charge on any atom is -0.377 e. The van der Waals surface area contributed by atoms with E-state index in [1.54, 1.807) is 0 Å². The van der Waals surface area contributed by atoms with Gasteiger partial charge >= 0.3 is 0 Å². The first-order chi connectivity index (χ1) is 15.6. The van der Waals surface area contributed by atoms with Crippen molar-refractivity contribution >= 4 is 23.7 Å². The lowest BCUT2D eigenvalue weighted by molar-refractivity contribution is 0.619. The predicted octanol–water partition coefficient (Wildman–Crippen LogP) is 4.94. The highest BCUT2D eigenvalue weighted by Gasteiger charge is 2.60. The van der Waals surface area contributed by atoms with Crippen LogP contribution in [-0.4, -0.2) is 24.0 Å². The topological polar surface area (TPSA) is 36.8 Å². The van der Waals surface area contributed by atoms with Crippen LogP contribution in [0.4, 0.5) is 0 Å². The molecule has 3 aliphatic carbocycles. The quantitative estimate of drug-likeness (QED) is 0.524. The standard InChI is InChI=1S/C27H31N3.C2H6/c1-4-19(16-28-5-2)22-14-21-10-11-23-15-27(23,26(21)29-17-22)30-25-13-18(3)12-20-8-6-7-9-24(20)25;1-2/h4,6-12,16-18,21,23,30H,5,13-15H2,1-3H3;1-2H3/b19-4+,28-16?;. The molecule has 0 saturated heterocycles. The number of fused-ring (bicyclic) bond motifs is 4. The summed E-state index contributed by atoms with van der Waals surface area (Å²) in [7, 11) is 0. The van der Waals surface area contributed by atoms with Crippen LogP contribution in [0.5, 0.6) is 0 Å². The van der Waals surface area contributed by atoms with E-state index in [1.165, 1.54) is 33.0 Å². The second-order valence-electron chi connectivity index (χ2n) is 9.06. The first kappa shape index (κ1) is 22.5. The fourth-order valence-corrected chi connectivity index (χ4v) is 5.35. The Morgan fingerprint density at radius 1 is 1.22 bits per heavy atom. The van der Waals surface area contributed by atoms with Gasteiger partial charge in [-0.25, -0.2) is 0 Å². The number of rotatable bonds is 5. The Balaban J connectivity index is 0.00000119. The van der Waals surface area contributed by atoms with Crippen molar-refractivity contribution < 1.29 is 0 Å². The molecule has 1 aromatic rings. The summed E-state index contributed by atoms with van der Waals surface area (Å²) < 4.78 is 0. The number of allylic oxidation sites excluding steroid dienone is 4. The Bertz CT molecular complexity index is 1130. The zero-order chi connectivity index (χ0) is 22.7. The van der Waals surface area contributed by atoms with Crippen LogP contribution in [0.15, 0.2) is 69.8 Å². The SMILES string of the molecule is C/C=C(\C=NCC)C1=CN=C2C(C=CC3CC23NC2=c3ccccc3=CC(C)C2)C1.CC. The van der Waals surface area contributed by atoms with Crippen molar-refractivity contribution in [3.63, 3.8) is 0 Å². The largest absolute Gasteiger partial charge is 0.377 e. The minimum atomic E-state index is 0.00848. The zero-order valence-corrected chi connectivity index (χ0v) is 20.2. The Morgan fingerprint density at radius 2 is 2.03 bits per heavy atom. The van der Waals surface area contributed by atoms with Gasteiger partial charge in [-0.1, -0.05) is 69.3 Å². The van der Waals surface area contributed by atoms with E-state index in [1.807, 2.05) is 20.1 Å². The fraction of sp³-hybridized carbons (Fsp3) is 0.448. The molecule has 3 nitrogen and oxygen atoms in total. The molecular formula is C29H37N3. The summed E-state index contributed by atoms with van der Waals surface area (Å²) in [5.41, 5.74) is 5.22. The van der Waals surface area contributed by atoms with Gasteiger partial charge < -0.3 is 5.32 Å². The Kier molecular flexibility index (Phi) is 6.64. The maximum atomic E-state index is 5.06. The fourth-order valence-electron chi connectivity index (χ4n) is 5.35. The summed E-state index contributed by atoms with van der Waals surface area (Å²) >= 11 is 0. The molecule has 3 heteroatoms. The van der Waals surface area contributed by atoms with Crippen molar-refractivity contribution in [3.05, 3.63) is 70.3 Å². The molecular weight excluding hydrogens is 390 g/mol. The highest BCUT2D eigenvalue weighted by atomic mass is 15.1. The second kappa shape index (κ2) is 9.44. The molecule has 32 heavy (non-hydrogen) atoms. The average Bonchev–Trinajstić information content (AvgIpc) is 3.55. The number of hydrogen-bond acceptors (Lipinski definition) is 3. The van der Waals surface area contributed by atoms with Crippen LogP contribution in [-0.2, 0) is 0 Å². The third-order valence-corrected chi connectivity index (χ3v) is 6.94. The lowest BCUT2D eigenvalue weighted by Gasteiger charge is -2.34. The first-order valence-electron chi connectivity index (χ1n) is 12.3. The van der Waals surface area contributed by atoms with E-state index in [-0.39, 0.29) is 5.54 Å². The van der Waals surface area contributed by atoms with Gasteiger partial charge in [0.2, 0.25) is 0 Å². The van der Waals surface area contributed by atoms with Crippen LogP contribution < -0.4 is 15.8 Å². The van der Waals surface area contributed by atoms with E-state index in [0.29, 0.717) is 17.8 Å². The molecule has 0 radical (unpaired) electrons. The normalized spacial score (nSPS) is 30.1. The van der Waals surface area contributed by atoms with Gasteiger partial charge in [-0.2, -0.15) is 0 Å². The second-order valence-corrected chi connectivity index (χ2v) is 9.06. The van der Waals surface area contributed by atoms with Crippen LogP contribution in [0.1, 0.15) is 53.9 Å². The molecule has 0 bridgehead atoms. The van der Waals surface area contributed by atoms with E-state index >= 15 is 0 Å². The van der Waals surface area contributed by atoms with Crippen LogP contribution in [0.2, 0.25) is 0 Å². The third-order valence-electron chi connectivity index (χ3n) is 6.94. The van der Waals surface area contributed by atoms with Crippen molar-refractivity contribution in [2.45, 2.75) is 59.4 Å². The van der Waals surface area contributed by atoms with Gasteiger partial charge in [0.05, 0.1) is 11.3 Å². The smallest absolute Gasteiger partial charge is 0.0830 e. The molecule has 1 fully saturated rings.